The highest BCUT2D eigenvalue weighted by Gasteiger charge is 2.74. The second-order valence-electron chi connectivity index (χ2n) is 11.5. The highest BCUT2D eigenvalue weighted by molar-refractivity contribution is 8.02. The van der Waals surface area contributed by atoms with Crippen LogP contribution in [-0.2, 0) is 14.4 Å². The van der Waals surface area contributed by atoms with E-state index in [9.17, 15) is 19.5 Å². The number of carbonyl (C=O) groups excluding carboxylic acids is 3. The van der Waals surface area contributed by atoms with Gasteiger partial charge in [0.15, 0.2) is 0 Å². The van der Waals surface area contributed by atoms with Gasteiger partial charge in [0.05, 0.1) is 16.6 Å². The Kier molecular flexibility index (Phi) is 8.43. The Morgan fingerprint density at radius 1 is 1.13 bits per heavy atom. The van der Waals surface area contributed by atoms with Crippen molar-refractivity contribution in [1.29, 1.82) is 0 Å². The van der Waals surface area contributed by atoms with Gasteiger partial charge in [-0.2, -0.15) is 0 Å². The molecule has 3 amide bonds. The lowest BCUT2D eigenvalue weighted by Gasteiger charge is -2.42. The number of hydrogen-bond donors (Lipinski definition) is 1. The van der Waals surface area contributed by atoms with Crippen LogP contribution in [0.1, 0.15) is 46.5 Å². The quantitative estimate of drug-likeness (QED) is 0.341. The zero-order valence-electron chi connectivity index (χ0n) is 22.8. The summed E-state index contributed by atoms with van der Waals surface area (Å²) in [5, 5.41) is 9.38. The van der Waals surface area contributed by atoms with Crippen molar-refractivity contribution in [3.8, 4) is 0 Å². The summed E-state index contributed by atoms with van der Waals surface area (Å²) in [5.74, 6) is -1.31. The third-order valence-electron chi connectivity index (χ3n) is 8.16. The molecule has 3 aliphatic rings. The molecule has 3 aliphatic heterocycles. The Balaban J connectivity index is 1.75. The van der Waals surface area contributed by atoms with E-state index >= 15 is 0 Å². The summed E-state index contributed by atoms with van der Waals surface area (Å²) in [6, 6.07) is 8.86. The van der Waals surface area contributed by atoms with Crippen LogP contribution in [0.15, 0.2) is 55.6 Å². The Hall–Kier alpha value is -2.58. The Morgan fingerprint density at radius 3 is 2.42 bits per heavy atom. The molecule has 0 aliphatic carbocycles. The van der Waals surface area contributed by atoms with Gasteiger partial charge >= 0.3 is 0 Å². The maximum atomic E-state index is 14.3. The first-order chi connectivity index (χ1) is 18.1. The minimum Gasteiger partial charge on any atom is -0.396 e. The van der Waals surface area contributed by atoms with Gasteiger partial charge in [0.1, 0.15) is 6.04 Å². The Morgan fingerprint density at radius 2 is 1.82 bits per heavy atom. The van der Waals surface area contributed by atoms with Gasteiger partial charge in [-0.05, 0) is 58.6 Å². The topological polar surface area (TPSA) is 81.2 Å². The van der Waals surface area contributed by atoms with Crippen molar-refractivity contribution in [3.63, 3.8) is 0 Å². The summed E-state index contributed by atoms with van der Waals surface area (Å²) >= 11 is 1.69. The molecule has 1 aromatic carbocycles. The van der Waals surface area contributed by atoms with Crippen LogP contribution in [0.3, 0.4) is 0 Å². The number of carbonyl (C=O) groups is 3. The molecule has 3 saturated heterocycles. The average Bonchev–Trinajstić information content (AvgIpc) is 3.52. The van der Waals surface area contributed by atoms with Gasteiger partial charge < -0.3 is 19.8 Å². The molecule has 1 spiro atoms. The zero-order chi connectivity index (χ0) is 27.7. The number of para-hydroxylation sites is 1. The number of hydrogen-bond acceptors (Lipinski definition) is 5. The number of likely N-dealkylation sites (tertiary alicyclic amines) is 1. The molecule has 38 heavy (non-hydrogen) atoms. The molecule has 3 fully saturated rings. The predicted molar refractivity (Wildman–Crippen MR) is 153 cm³/mol. The zero-order valence-corrected chi connectivity index (χ0v) is 23.7. The number of thioether (sulfide) groups is 1. The summed E-state index contributed by atoms with van der Waals surface area (Å²) in [7, 11) is 0. The third-order valence-corrected chi connectivity index (χ3v) is 10.1. The lowest BCUT2D eigenvalue weighted by Crippen LogP contribution is -2.58. The SMILES string of the molecule is C=CCN(C(=O)[C@@H]1[C@@H]2CCC3(S2)C(C(=O)N(CC=C)C(C)(C)C)N(CCCCO)C(=O)[C@H]13)c1ccccc1. The lowest BCUT2D eigenvalue weighted by atomic mass is 9.70. The van der Waals surface area contributed by atoms with Crippen molar-refractivity contribution >= 4 is 35.2 Å². The second-order valence-corrected chi connectivity index (χ2v) is 13.1. The van der Waals surface area contributed by atoms with Crippen LogP contribution >= 0.6 is 11.8 Å². The number of anilines is 1. The molecule has 0 radical (unpaired) electrons. The number of rotatable bonds is 11. The molecule has 8 heteroatoms. The molecule has 3 heterocycles. The molecule has 2 bridgehead atoms. The summed E-state index contributed by atoms with van der Waals surface area (Å²) in [5.41, 5.74) is 0.326. The largest absolute Gasteiger partial charge is 0.396 e. The van der Waals surface area contributed by atoms with Crippen molar-refractivity contribution < 1.29 is 19.5 Å². The number of aliphatic hydroxyl groups is 1. The van der Waals surface area contributed by atoms with Gasteiger partial charge in [0, 0.05) is 42.7 Å². The highest BCUT2D eigenvalue weighted by atomic mass is 32.2. The number of amides is 3. The van der Waals surface area contributed by atoms with Crippen molar-refractivity contribution in [1.82, 2.24) is 9.80 Å². The standard InChI is InChI=1S/C30H41N3O4S/c1-6-17-31(21-13-9-8-10-14-21)26(35)23-22-15-16-30(38-22)24(23)27(36)32(19-11-12-20-34)25(30)28(37)33(18-7-2)29(3,4)5/h6-10,13-14,22-25,34H,1-2,11-12,15-20H2,3-5H3/t22-,23+,24-,25?,30?/m0/s1. The minimum atomic E-state index is -0.643. The summed E-state index contributed by atoms with van der Waals surface area (Å²) in [6.07, 6.45) is 6.12. The summed E-state index contributed by atoms with van der Waals surface area (Å²) in [6.45, 7) is 14.9. The average molecular weight is 540 g/mol. The molecule has 0 saturated carbocycles. The molecular weight excluding hydrogens is 498 g/mol. The molecule has 206 valence electrons. The maximum absolute atomic E-state index is 14.3. The number of fused-ring (bicyclic) bond motifs is 1. The molecule has 5 atom stereocenters. The molecule has 2 unspecified atom stereocenters. The summed E-state index contributed by atoms with van der Waals surface area (Å²) in [4.78, 5) is 48.0. The van der Waals surface area contributed by atoms with Crippen molar-refractivity contribution in [2.45, 2.75) is 68.0 Å². The second kappa shape index (κ2) is 11.3. The van der Waals surface area contributed by atoms with Gasteiger partial charge in [-0.3, -0.25) is 14.4 Å². The number of unbranched alkanes of at least 4 members (excludes halogenated alkanes) is 1. The maximum Gasteiger partial charge on any atom is 0.247 e. The van der Waals surface area contributed by atoms with E-state index in [1.54, 1.807) is 33.7 Å². The first-order valence-electron chi connectivity index (χ1n) is 13.6. The Labute approximate surface area is 230 Å². The first-order valence-corrected chi connectivity index (χ1v) is 14.5. The summed E-state index contributed by atoms with van der Waals surface area (Å²) < 4.78 is -0.639. The monoisotopic (exact) mass is 539 g/mol. The van der Waals surface area contributed by atoms with E-state index in [0.29, 0.717) is 32.5 Å². The highest BCUT2D eigenvalue weighted by Crippen LogP contribution is 2.66. The fourth-order valence-electron chi connectivity index (χ4n) is 6.56. The first kappa shape index (κ1) is 28.4. The van der Waals surface area contributed by atoms with Crippen LogP contribution in [0.25, 0.3) is 0 Å². The number of nitrogens with zero attached hydrogens (tertiary/aromatic N) is 3. The fraction of sp³-hybridized carbons (Fsp3) is 0.567. The van der Waals surface area contributed by atoms with Crippen LogP contribution in [0, 0.1) is 11.8 Å². The van der Waals surface area contributed by atoms with Crippen molar-refractivity contribution in [2.75, 3.05) is 31.1 Å². The molecular formula is C30H41N3O4S. The number of aliphatic hydroxyl groups excluding tert-OH is 1. The molecule has 1 aromatic rings. The van der Waals surface area contributed by atoms with Gasteiger partial charge in [0.25, 0.3) is 0 Å². The van der Waals surface area contributed by atoms with Gasteiger partial charge in [0.2, 0.25) is 17.7 Å². The van der Waals surface area contributed by atoms with E-state index in [1.165, 1.54) is 0 Å². The van der Waals surface area contributed by atoms with E-state index in [1.807, 2.05) is 56.0 Å². The van der Waals surface area contributed by atoms with E-state index in [4.69, 9.17) is 0 Å². The predicted octanol–water partition coefficient (Wildman–Crippen LogP) is 3.88. The normalized spacial score (nSPS) is 27.8. The fourth-order valence-corrected chi connectivity index (χ4v) is 8.77. The van der Waals surface area contributed by atoms with Crippen LogP contribution in [0.5, 0.6) is 0 Å². The van der Waals surface area contributed by atoms with Gasteiger partial charge in [-0.1, -0.05) is 30.4 Å². The minimum absolute atomic E-state index is 0.00939. The Bertz CT molecular complexity index is 1070. The molecule has 0 aromatic heterocycles. The van der Waals surface area contributed by atoms with E-state index in [-0.39, 0.29) is 29.6 Å². The van der Waals surface area contributed by atoms with E-state index < -0.39 is 28.2 Å². The number of benzene rings is 1. The molecule has 4 rings (SSSR count). The van der Waals surface area contributed by atoms with Crippen molar-refractivity contribution in [3.05, 3.63) is 55.6 Å². The molecule has 7 nitrogen and oxygen atoms in total. The molecule has 1 N–H and O–H groups in total. The van der Waals surface area contributed by atoms with Crippen LogP contribution in [0.4, 0.5) is 5.69 Å². The van der Waals surface area contributed by atoms with Crippen LogP contribution in [-0.4, -0.2) is 80.4 Å². The van der Waals surface area contributed by atoms with E-state index in [0.717, 1.165) is 18.5 Å². The lowest BCUT2D eigenvalue weighted by molar-refractivity contribution is -0.145. The van der Waals surface area contributed by atoms with Crippen molar-refractivity contribution in [2.24, 2.45) is 11.8 Å². The smallest absolute Gasteiger partial charge is 0.247 e. The van der Waals surface area contributed by atoms with Gasteiger partial charge in [-0.15, -0.1) is 24.9 Å². The third kappa shape index (κ3) is 4.81. The van der Waals surface area contributed by atoms with E-state index in [2.05, 4.69) is 13.2 Å². The van der Waals surface area contributed by atoms with Gasteiger partial charge in [-0.25, -0.2) is 0 Å². The van der Waals surface area contributed by atoms with Crippen LogP contribution in [0.2, 0.25) is 0 Å². The van der Waals surface area contributed by atoms with Crippen LogP contribution < -0.4 is 4.90 Å².